The second-order valence-corrected chi connectivity index (χ2v) is 7.05. The summed E-state index contributed by atoms with van der Waals surface area (Å²) in [5, 5.41) is -0.216. The number of rotatable bonds is 4. The Hall–Kier alpha value is -2.02. The van der Waals surface area contributed by atoms with E-state index >= 15 is 0 Å². The monoisotopic (exact) mass is 322 g/mol. The quantitative estimate of drug-likeness (QED) is 0.803. The van der Waals surface area contributed by atoms with Gasteiger partial charge in [0.25, 0.3) is 0 Å². The predicted molar refractivity (Wildman–Crippen MR) is 80.5 cm³/mol. The maximum atomic E-state index is 13.0. The summed E-state index contributed by atoms with van der Waals surface area (Å²) in [6.07, 6.45) is 2.03. The fourth-order valence-electron chi connectivity index (χ4n) is 2.66. The lowest BCUT2D eigenvalue weighted by atomic mass is 10.1. The molecule has 2 aromatic rings. The van der Waals surface area contributed by atoms with E-state index in [9.17, 15) is 17.1 Å². The van der Waals surface area contributed by atoms with Crippen LogP contribution >= 0.6 is 0 Å². The van der Waals surface area contributed by atoms with E-state index in [0.29, 0.717) is 13.0 Å². The molecule has 0 bridgehead atoms. The maximum Gasteiger partial charge on any atom is 0.307 e. The largest absolute Gasteiger partial charge is 0.341 e. The molecular weight excluding hydrogens is 307 g/mol. The minimum Gasteiger partial charge on any atom is -0.341 e. The number of para-hydroxylation sites is 1. The van der Waals surface area contributed by atoms with Crippen molar-refractivity contribution < 1.29 is 17.1 Å². The van der Waals surface area contributed by atoms with Gasteiger partial charge in [0.05, 0.1) is 5.52 Å². The first-order valence-electron chi connectivity index (χ1n) is 6.98. The van der Waals surface area contributed by atoms with E-state index in [1.807, 2.05) is 30.3 Å². The Labute approximate surface area is 128 Å². The smallest absolute Gasteiger partial charge is 0.307 e. The third kappa shape index (κ3) is 3.09. The molecule has 3 rings (SSSR count). The van der Waals surface area contributed by atoms with E-state index in [0.717, 1.165) is 16.5 Å². The summed E-state index contributed by atoms with van der Waals surface area (Å²) in [6, 6.07) is 9.70. The molecular formula is C15H15FN2O3S. The molecule has 0 radical (unpaired) electrons. The highest BCUT2D eigenvalue weighted by Crippen LogP contribution is 2.20. The molecule has 22 heavy (non-hydrogen) atoms. The number of aromatic nitrogens is 1. The zero-order valence-corrected chi connectivity index (χ0v) is 12.6. The Morgan fingerprint density at radius 2 is 2.09 bits per heavy atom. The van der Waals surface area contributed by atoms with Crippen LogP contribution in [-0.2, 0) is 21.4 Å². The Bertz CT molecular complexity index is 822. The second kappa shape index (κ2) is 5.64. The molecule has 7 heteroatoms. The zero-order valence-electron chi connectivity index (χ0n) is 11.8. The Kier molecular flexibility index (Phi) is 3.82. The lowest BCUT2D eigenvalue weighted by Crippen LogP contribution is -2.29. The van der Waals surface area contributed by atoms with Gasteiger partial charge in [0.1, 0.15) is 5.25 Å². The van der Waals surface area contributed by atoms with Crippen molar-refractivity contribution in [3.8, 4) is 0 Å². The third-order valence-corrected chi connectivity index (χ3v) is 5.01. The van der Waals surface area contributed by atoms with Gasteiger partial charge in [-0.2, -0.15) is 8.42 Å². The summed E-state index contributed by atoms with van der Waals surface area (Å²) >= 11 is 0. The summed E-state index contributed by atoms with van der Waals surface area (Å²) in [5.74, 6) is -0.319. The van der Waals surface area contributed by atoms with E-state index in [1.165, 1.54) is 4.90 Å². The van der Waals surface area contributed by atoms with Crippen LogP contribution in [0.25, 0.3) is 10.9 Å². The summed E-state index contributed by atoms with van der Waals surface area (Å²) in [7, 11) is -4.65. The number of amides is 1. The van der Waals surface area contributed by atoms with E-state index in [-0.39, 0.29) is 18.9 Å². The molecule has 1 aromatic heterocycles. The maximum absolute atomic E-state index is 13.0. The van der Waals surface area contributed by atoms with Crippen LogP contribution in [0.5, 0.6) is 0 Å². The van der Waals surface area contributed by atoms with Gasteiger partial charge in [0.15, 0.2) is 0 Å². The molecule has 1 unspecified atom stereocenters. The van der Waals surface area contributed by atoms with Crippen molar-refractivity contribution in [2.75, 3.05) is 13.1 Å². The highest BCUT2D eigenvalue weighted by atomic mass is 32.3. The van der Waals surface area contributed by atoms with Crippen LogP contribution in [-0.4, -0.2) is 42.5 Å². The van der Waals surface area contributed by atoms with Gasteiger partial charge in [0, 0.05) is 31.1 Å². The number of hydrogen-bond donors (Lipinski definition) is 0. The number of carbonyl (C=O) groups is 1. The van der Waals surface area contributed by atoms with Gasteiger partial charge in [-0.1, -0.05) is 18.2 Å². The molecule has 0 N–H and O–H groups in total. The van der Waals surface area contributed by atoms with E-state index in [4.69, 9.17) is 0 Å². The highest BCUT2D eigenvalue weighted by molar-refractivity contribution is 7.87. The molecule has 1 aromatic carbocycles. The molecule has 0 saturated carbocycles. The minimum absolute atomic E-state index is 0.0708. The summed E-state index contributed by atoms with van der Waals surface area (Å²) in [4.78, 5) is 17.5. The number of fused-ring (bicyclic) bond motifs is 1. The van der Waals surface area contributed by atoms with Crippen molar-refractivity contribution in [2.24, 2.45) is 0 Å². The second-order valence-electron chi connectivity index (χ2n) is 5.43. The minimum atomic E-state index is -4.65. The first-order valence-corrected chi connectivity index (χ1v) is 8.43. The molecule has 1 amide bonds. The van der Waals surface area contributed by atoms with Crippen molar-refractivity contribution in [3.05, 3.63) is 42.1 Å². The van der Waals surface area contributed by atoms with Gasteiger partial charge in [-0.25, -0.2) is 0 Å². The van der Waals surface area contributed by atoms with Crippen molar-refractivity contribution in [1.82, 2.24) is 9.88 Å². The number of likely N-dealkylation sites (tertiary alicyclic amines) is 1. The third-order valence-electron chi connectivity index (χ3n) is 3.89. The number of carbonyl (C=O) groups excluding carboxylic acids is 1. The van der Waals surface area contributed by atoms with Crippen LogP contribution < -0.4 is 0 Å². The van der Waals surface area contributed by atoms with Gasteiger partial charge in [-0.05, 0) is 24.1 Å². The van der Waals surface area contributed by atoms with E-state index < -0.39 is 15.5 Å². The van der Waals surface area contributed by atoms with Gasteiger partial charge in [0.2, 0.25) is 5.91 Å². The number of halogens is 1. The van der Waals surface area contributed by atoms with Crippen LogP contribution in [0.3, 0.4) is 0 Å². The first kappa shape index (κ1) is 14.9. The number of pyridine rings is 1. The summed E-state index contributed by atoms with van der Waals surface area (Å²) in [5.41, 5.74) is 1.85. The molecule has 5 nitrogen and oxygen atoms in total. The molecule has 1 saturated heterocycles. The van der Waals surface area contributed by atoms with Crippen LogP contribution in [0.15, 0.2) is 36.5 Å². The summed E-state index contributed by atoms with van der Waals surface area (Å²) < 4.78 is 34.7. The van der Waals surface area contributed by atoms with Crippen LogP contribution in [0.1, 0.15) is 12.0 Å². The van der Waals surface area contributed by atoms with Crippen molar-refractivity contribution in [1.29, 1.82) is 0 Å². The lowest BCUT2D eigenvalue weighted by molar-refractivity contribution is -0.127. The zero-order chi connectivity index (χ0) is 15.7. The molecule has 0 spiro atoms. The predicted octanol–water partition coefficient (Wildman–Crippen LogP) is 1.68. The number of nitrogens with zero attached hydrogens (tertiary/aromatic N) is 2. The van der Waals surface area contributed by atoms with Crippen molar-refractivity contribution >= 4 is 27.0 Å². The van der Waals surface area contributed by atoms with Crippen LogP contribution in [0.2, 0.25) is 0 Å². The molecule has 1 aliphatic heterocycles. The fraction of sp³-hybridized carbons (Fsp3) is 0.333. The molecule has 1 fully saturated rings. The molecule has 0 aliphatic carbocycles. The lowest BCUT2D eigenvalue weighted by Gasteiger charge is -2.15. The number of hydrogen-bond acceptors (Lipinski definition) is 4. The first-order chi connectivity index (χ1) is 10.4. The van der Waals surface area contributed by atoms with Crippen LogP contribution in [0, 0.1) is 0 Å². The van der Waals surface area contributed by atoms with E-state index in [2.05, 4.69) is 4.98 Å². The summed E-state index contributed by atoms with van der Waals surface area (Å²) in [6.45, 7) is 0.295. The van der Waals surface area contributed by atoms with Gasteiger partial charge in [-0.15, -0.1) is 3.89 Å². The molecule has 1 aliphatic rings. The topological polar surface area (TPSA) is 67.3 Å². The SMILES string of the molecule is O=C1CC(S(=O)(=O)F)CN1CCc1cnc2ccccc2c1. The fourth-order valence-corrected chi connectivity index (χ4v) is 3.36. The van der Waals surface area contributed by atoms with Crippen molar-refractivity contribution in [2.45, 2.75) is 18.1 Å². The standard InChI is InChI=1S/C15H15FN2O3S/c16-22(20,21)13-8-15(19)18(10-13)6-5-11-7-12-3-1-2-4-14(12)17-9-11/h1-4,7,9,13H,5-6,8,10H2. The normalized spacial score (nSPS) is 19.0. The average Bonchev–Trinajstić information content (AvgIpc) is 2.86. The van der Waals surface area contributed by atoms with Gasteiger partial charge >= 0.3 is 10.2 Å². The molecule has 116 valence electrons. The van der Waals surface area contributed by atoms with Gasteiger partial charge < -0.3 is 4.90 Å². The molecule has 1 atom stereocenters. The molecule has 2 heterocycles. The van der Waals surface area contributed by atoms with Gasteiger partial charge in [-0.3, -0.25) is 9.78 Å². The number of benzene rings is 1. The Balaban J connectivity index is 1.68. The van der Waals surface area contributed by atoms with Crippen LogP contribution in [0.4, 0.5) is 3.89 Å². The van der Waals surface area contributed by atoms with Crippen molar-refractivity contribution in [3.63, 3.8) is 0 Å². The average molecular weight is 322 g/mol. The highest BCUT2D eigenvalue weighted by Gasteiger charge is 2.37. The van der Waals surface area contributed by atoms with E-state index in [1.54, 1.807) is 6.20 Å². The Morgan fingerprint density at radius 1 is 1.32 bits per heavy atom. The Morgan fingerprint density at radius 3 is 2.82 bits per heavy atom.